The highest BCUT2D eigenvalue weighted by atomic mass is 32.2. The van der Waals surface area contributed by atoms with Crippen LogP contribution in [0.4, 0.5) is 0 Å². The van der Waals surface area contributed by atoms with Crippen LogP contribution in [0.5, 0.6) is 0 Å². The van der Waals surface area contributed by atoms with Crippen LogP contribution < -0.4 is 5.32 Å². The predicted molar refractivity (Wildman–Crippen MR) is 41.2 cm³/mol. The molecule has 8 heavy (non-hydrogen) atoms. The molecule has 0 aliphatic carbocycles. The van der Waals surface area contributed by atoms with E-state index in [2.05, 4.69) is 25.4 Å². The fraction of sp³-hybridized carbons (Fsp3) is 1.00. The SMILES string of the molecule is CSCNCC(C)C. The van der Waals surface area contributed by atoms with E-state index in [1.807, 2.05) is 11.8 Å². The van der Waals surface area contributed by atoms with Gasteiger partial charge in [0.2, 0.25) is 0 Å². The third-order valence-electron chi connectivity index (χ3n) is 0.799. The first kappa shape index (κ1) is 8.31. The molecule has 0 rings (SSSR count). The van der Waals surface area contributed by atoms with Crippen molar-refractivity contribution in [1.82, 2.24) is 5.32 Å². The first-order chi connectivity index (χ1) is 3.77. The second-order valence-corrected chi connectivity index (χ2v) is 3.15. The van der Waals surface area contributed by atoms with E-state index in [1.54, 1.807) is 0 Å². The molecule has 0 spiro atoms. The van der Waals surface area contributed by atoms with E-state index in [-0.39, 0.29) is 0 Å². The van der Waals surface area contributed by atoms with Gasteiger partial charge in [-0.05, 0) is 18.7 Å². The van der Waals surface area contributed by atoms with Gasteiger partial charge in [0.1, 0.15) is 0 Å². The first-order valence-electron chi connectivity index (χ1n) is 2.97. The van der Waals surface area contributed by atoms with Gasteiger partial charge in [-0.15, -0.1) is 11.8 Å². The third kappa shape index (κ3) is 6.31. The minimum absolute atomic E-state index is 0.780. The summed E-state index contributed by atoms with van der Waals surface area (Å²) in [5.74, 6) is 1.86. The molecule has 0 aromatic heterocycles. The van der Waals surface area contributed by atoms with Gasteiger partial charge in [-0.1, -0.05) is 13.8 Å². The van der Waals surface area contributed by atoms with E-state index in [0.29, 0.717) is 0 Å². The van der Waals surface area contributed by atoms with E-state index in [4.69, 9.17) is 0 Å². The average Bonchev–Trinajstić information content (AvgIpc) is 1.66. The maximum Gasteiger partial charge on any atom is 0.0415 e. The Morgan fingerprint density at radius 2 is 2.12 bits per heavy atom. The molecule has 0 unspecified atom stereocenters. The minimum Gasteiger partial charge on any atom is -0.308 e. The zero-order valence-electron chi connectivity index (χ0n) is 5.90. The molecule has 0 bridgehead atoms. The molecule has 1 nitrogen and oxygen atoms in total. The standard InChI is InChI=1S/C6H15NS/c1-6(2)4-7-5-8-3/h6-7H,4-5H2,1-3H3. The highest BCUT2D eigenvalue weighted by Crippen LogP contribution is 1.90. The van der Waals surface area contributed by atoms with Crippen LogP contribution >= 0.6 is 11.8 Å². The van der Waals surface area contributed by atoms with Gasteiger partial charge in [0, 0.05) is 5.88 Å². The summed E-state index contributed by atoms with van der Waals surface area (Å²) in [6.45, 7) is 5.57. The molecule has 0 aromatic rings. The molecule has 50 valence electrons. The summed E-state index contributed by atoms with van der Waals surface area (Å²) in [7, 11) is 0. The number of hydrogen-bond acceptors (Lipinski definition) is 2. The highest BCUT2D eigenvalue weighted by molar-refractivity contribution is 7.98. The Bertz CT molecular complexity index is 45.8. The zero-order chi connectivity index (χ0) is 6.41. The van der Waals surface area contributed by atoms with Crippen molar-refractivity contribution in [3.8, 4) is 0 Å². The van der Waals surface area contributed by atoms with Gasteiger partial charge in [-0.3, -0.25) is 0 Å². The molecule has 0 saturated heterocycles. The lowest BCUT2D eigenvalue weighted by Crippen LogP contribution is -2.18. The first-order valence-corrected chi connectivity index (χ1v) is 4.36. The van der Waals surface area contributed by atoms with E-state index < -0.39 is 0 Å². The number of rotatable bonds is 4. The van der Waals surface area contributed by atoms with Crippen LogP contribution in [-0.2, 0) is 0 Å². The molecule has 0 aromatic carbocycles. The van der Waals surface area contributed by atoms with E-state index in [1.165, 1.54) is 0 Å². The van der Waals surface area contributed by atoms with Crippen molar-refractivity contribution >= 4 is 11.8 Å². The van der Waals surface area contributed by atoms with E-state index in [0.717, 1.165) is 18.3 Å². The van der Waals surface area contributed by atoms with Crippen molar-refractivity contribution in [2.45, 2.75) is 13.8 Å². The summed E-state index contributed by atoms with van der Waals surface area (Å²) in [5, 5.41) is 3.30. The van der Waals surface area contributed by atoms with Crippen LogP contribution in [0.2, 0.25) is 0 Å². The third-order valence-corrected chi connectivity index (χ3v) is 1.29. The lowest BCUT2D eigenvalue weighted by molar-refractivity contribution is 0.588. The maximum atomic E-state index is 3.30. The van der Waals surface area contributed by atoms with E-state index in [9.17, 15) is 0 Å². The topological polar surface area (TPSA) is 12.0 Å². The van der Waals surface area contributed by atoms with Gasteiger partial charge in [0.25, 0.3) is 0 Å². The van der Waals surface area contributed by atoms with Crippen molar-refractivity contribution in [3.63, 3.8) is 0 Å². The van der Waals surface area contributed by atoms with Gasteiger partial charge in [0.05, 0.1) is 0 Å². The Morgan fingerprint density at radius 1 is 1.50 bits per heavy atom. The summed E-state index contributed by atoms with van der Waals surface area (Å²) < 4.78 is 0. The molecule has 0 saturated carbocycles. The Kier molecular flexibility index (Phi) is 5.66. The number of nitrogens with one attached hydrogen (secondary N) is 1. The van der Waals surface area contributed by atoms with Crippen molar-refractivity contribution in [2.75, 3.05) is 18.7 Å². The normalized spacial score (nSPS) is 10.5. The van der Waals surface area contributed by atoms with Crippen LogP contribution in [0.25, 0.3) is 0 Å². The van der Waals surface area contributed by atoms with Crippen molar-refractivity contribution in [2.24, 2.45) is 5.92 Å². The second kappa shape index (κ2) is 5.45. The largest absolute Gasteiger partial charge is 0.308 e. The smallest absolute Gasteiger partial charge is 0.0415 e. The van der Waals surface area contributed by atoms with Crippen molar-refractivity contribution in [1.29, 1.82) is 0 Å². The summed E-state index contributed by atoms with van der Waals surface area (Å²) in [6, 6.07) is 0. The highest BCUT2D eigenvalue weighted by Gasteiger charge is 1.88. The van der Waals surface area contributed by atoms with Gasteiger partial charge < -0.3 is 5.32 Å². The summed E-state index contributed by atoms with van der Waals surface area (Å²) in [5.41, 5.74) is 0. The Labute approximate surface area is 56.2 Å². The number of thioether (sulfide) groups is 1. The van der Waals surface area contributed by atoms with Gasteiger partial charge >= 0.3 is 0 Å². The van der Waals surface area contributed by atoms with E-state index >= 15 is 0 Å². The fourth-order valence-electron chi connectivity index (χ4n) is 0.450. The second-order valence-electron chi connectivity index (χ2n) is 2.28. The zero-order valence-corrected chi connectivity index (χ0v) is 6.72. The molecule has 0 amide bonds. The molecule has 0 heterocycles. The van der Waals surface area contributed by atoms with Gasteiger partial charge in [-0.25, -0.2) is 0 Å². The summed E-state index contributed by atoms with van der Waals surface area (Å²) >= 11 is 1.83. The van der Waals surface area contributed by atoms with Gasteiger partial charge in [0.15, 0.2) is 0 Å². The monoisotopic (exact) mass is 133 g/mol. The minimum atomic E-state index is 0.780. The van der Waals surface area contributed by atoms with Crippen LogP contribution in [0, 0.1) is 5.92 Å². The number of hydrogen-bond donors (Lipinski definition) is 1. The molecule has 0 aliphatic heterocycles. The van der Waals surface area contributed by atoms with Crippen LogP contribution in [0.3, 0.4) is 0 Å². The molecule has 0 radical (unpaired) electrons. The summed E-state index contributed by atoms with van der Waals surface area (Å²) in [4.78, 5) is 0. The summed E-state index contributed by atoms with van der Waals surface area (Å²) in [6.07, 6.45) is 2.10. The molecule has 0 aliphatic rings. The quantitative estimate of drug-likeness (QED) is 0.461. The fourth-order valence-corrected chi connectivity index (χ4v) is 0.772. The van der Waals surface area contributed by atoms with Gasteiger partial charge in [-0.2, -0.15) is 0 Å². The molecular weight excluding hydrogens is 118 g/mol. The van der Waals surface area contributed by atoms with Crippen molar-refractivity contribution < 1.29 is 0 Å². The lowest BCUT2D eigenvalue weighted by Gasteiger charge is -2.03. The maximum absolute atomic E-state index is 3.30. The van der Waals surface area contributed by atoms with Crippen LogP contribution in [-0.4, -0.2) is 18.7 Å². The Morgan fingerprint density at radius 3 is 2.50 bits per heavy atom. The molecule has 2 heteroatoms. The lowest BCUT2D eigenvalue weighted by atomic mass is 10.2. The average molecular weight is 133 g/mol. The Hall–Kier alpha value is 0.310. The van der Waals surface area contributed by atoms with Crippen LogP contribution in [0.1, 0.15) is 13.8 Å². The molecule has 0 fully saturated rings. The predicted octanol–water partition coefficient (Wildman–Crippen LogP) is 1.55. The molecule has 0 atom stereocenters. The van der Waals surface area contributed by atoms with Crippen molar-refractivity contribution in [3.05, 3.63) is 0 Å². The molecule has 1 N–H and O–H groups in total. The molecular formula is C6H15NS. The Balaban J connectivity index is 2.72. The van der Waals surface area contributed by atoms with Crippen LogP contribution in [0.15, 0.2) is 0 Å².